The molecular formula is C23H21NO2S. The average Bonchev–Trinajstić information content (AvgIpc) is 3.17. The van der Waals surface area contributed by atoms with Crippen LogP contribution >= 0.6 is 11.3 Å². The SMILES string of the molecule is O=C1CCCC2=C1C(c1ccc(-c3ccccc3)s1)C1=C(CCCC1=O)N2. The molecule has 1 aromatic heterocycles. The number of dihydropyridines is 1. The predicted octanol–water partition coefficient (Wildman–Crippen LogP) is 5.12. The molecule has 2 aromatic rings. The molecule has 27 heavy (non-hydrogen) atoms. The lowest BCUT2D eigenvalue weighted by Gasteiger charge is -2.36. The molecule has 2 aliphatic carbocycles. The van der Waals surface area contributed by atoms with Crippen molar-refractivity contribution >= 4 is 22.9 Å². The van der Waals surface area contributed by atoms with Crippen molar-refractivity contribution in [3.63, 3.8) is 0 Å². The van der Waals surface area contributed by atoms with E-state index in [2.05, 4.69) is 29.6 Å². The smallest absolute Gasteiger partial charge is 0.161 e. The lowest BCUT2D eigenvalue weighted by molar-refractivity contribution is -0.116. The monoisotopic (exact) mass is 375 g/mol. The molecule has 2 heterocycles. The zero-order valence-corrected chi connectivity index (χ0v) is 15.9. The van der Waals surface area contributed by atoms with Crippen LogP contribution in [0.3, 0.4) is 0 Å². The van der Waals surface area contributed by atoms with E-state index in [9.17, 15) is 9.59 Å². The van der Waals surface area contributed by atoms with E-state index in [1.807, 2.05) is 18.2 Å². The van der Waals surface area contributed by atoms with Crippen molar-refractivity contribution in [2.75, 3.05) is 0 Å². The van der Waals surface area contributed by atoms with E-state index in [1.54, 1.807) is 11.3 Å². The molecule has 3 nitrogen and oxygen atoms in total. The molecule has 1 aromatic carbocycles. The number of nitrogens with one attached hydrogen (secondary N) is 1. The fraction of sp³-hybridized carbons (Fsp3) is 0.304. The molecule has 0 saturated heterocycles. The number of ketones is 2. The summed E-state index contributed by atoms with van der Waals surface area (Å²) in [7, 11) is 0. The Morgan fingerprint density at radius 3 is 2.04 bits per heavy atom. The van der Waals surface area contributed by atoms with Crippen LogP contribution in [0.25, 0.3) is 10.4 Å². The quantitative estimate of drug-likeness (QED) is 0.793. The third kappa shape index (κ3) is 2.79. The minimum Gasteiger partial charge on any atom is -0.362 e. The maximum absolute atomic E-state index is 12.8. The summed E-state index contributed by atoms with van der Waals surface area (Å²) in [5.41, 5.74) is 4.98. The molecule has 0 saturated carbocycles. The van der Waals surface area contributed by atoms with Crippen molar-refractivity contribution in [2.24, 2.45) is 0 Å². The van der Waals surface area contributed by atoms with Crippen molar-refractivity contribution in [1.29, 1.82) is 0 Å². The summed E-state index contributed by atoms with van der Waals surface area (Å²) < 4.78 is 0. The molecule has 4 heteroatoms. The molecule has 0 amide bonds. The van der Waals surface area contributed by atoms with Gasteiger partial charge >= 0.3 is 0 Å². The summed E-state index contributed by atoms with van der Waals surface area (Å²) in [4.78, 5) is 28.0. The summed E-state index contributed by atoms with van der Waals surface area (Å²) in [6.07, 6.45) is 4.77. The molecule has 136 valence electrons. The van der Waals surface area contributed by atoms with Gasteiger partial charge in [0.15, 0.2) is 11.6 Å². The maximum Gasteiger partial charge on any atom is 0.161 e. The zero-order valence-electron chi connectivity index (χ0n) is 15.1. The number of thiophene rings is 1. The Morgan fingerprint density at radius 2 is 1.41 bits per heavy atom. The molecule has 0 radical (unpaired) electrons. The second-order valence-corrected chi connectivity index (χ2v) is 8.58. The Morgan fingerprint density at radius 1 is 0.778 bits per heavy atom. The van der Waals surface area contributed by atoms with Crippen molar-refractivity contribution < 1.29 is 9.59 Å². The molecule has 0 atom stereocenters. The number of carbonyl (C=O) groups excluding carboxylic acids is 2. The molecule has 1 aliphatic heterocycles. The third-order valence-corrected chi connectivity index (χ3v) is 6.96. The largest absolute Gasteiger partial charge is 0.362 e. The van der Waals surface area contributed by atoms with Crippen LogP contribution in [-0.2, 0) is 9.59 Å². The van der Waals surface area contributed by atoms with Crippen LogP contribution in [0.15, 0.2) is 65.0 Å². The summed E-state index contributed by atoms with van der Waals surface area (Å²) in [6.45, 7) is 0. The van der Waals surface area contributed by atoms with Crippen molar-refractivity contribution in [3.05, 3.63) is 69.9 Å². The van der Waals surface area contributed by atoms with Gasteiger partial charge in [0.05, 0.1) is 5.92 Å². The van der Waals surface area contributed by atoms with E-state index >= 15 is 0 Å². The van der Waals surface area contributed by atoms with Gasteiger partial charge in [-0.05, 0) is 43.4 Å². The number of Topliss-reactive ketones (excluding diaryl/α,β-unsaturated/α-hetero) is 2. The number of carbonyl (C=O) groups is 2. The van der Waals surface area contributed by atoms with Crippen LogP contribution in [0.1, 0.15) is 49.3 Å². The highest BCUT2D eigenvalue weighted by molar-refractivity contribution is 7.15. The fourth-order valence-electron chi connectivity index (χ4n) is 4.53. The minimum absolute atomic E-state index is 0.181. The Balaban J connectivity index is 1.64. The normalized spacial score (nSPS) is 20.4. The van der Waals surface area contributed by atoms with Gasteiger partial charge in [-0.3, -0.25) is 9.59 Å². The van der Waals surface area contributed by atoms with E-state index in [4.69, 9.17) is 0 Å². The first kappa shape index (κ1) is 16.7. The van der Waals surface area contributed by atoms with Crippen molar-refractivity contribution in [1.82, 2.24) is 5.32 Å². The summed E-state index contributed by atoms with van der Waals surface area (Å²) in [6, 6.07) is 14.5. The van der Waals surface area contributed by atoms with E-state index in [0.29, 0.717) is 12.8 Å². The Labute approximate surface area is 162 Å². The standard InChI is InChI=1S/C23H21NO2S/c25-17-10-4-8-15-21(17)23(22-16(24-15)9-5-11-18(22)26)20-13-12-19(27-20)14-6-2-1-3-7-14/h1-3,6-7,12-13,23-24H,4-5,8-11H2. The van der Waals surface area contributed by atoms with Crippen LogP contribution in [0.2, 0.25) is 0 Å². The van der Waals surface area contributed by atoms with Crippen LogP contribution < -0.4 is 5.32 Å². The van der Waals surface area contributed by atoms with Crippen LogP contribution in [-0.4, -0.2) is 11.6 Å². The average molecular weight is 375 g/mol. The van der Waals surface area contributed by atoms with E-state index in [-0.39, 0.29) is 17.5 Å². The predicted molar refractivity (Wildman–Crippen MR) is 107 cm³/mol. The Kier molecular flexibility index (Phi) is 4.09. The van der Waals surface area contributed by atoms with E-state index in [0.717, 1.165) is 53.1 Å². The van der Waals surface area contributed by atoms with E-state index < -0.39 is 0 Å². The first-order chi connectivity index (χ1) is 13.2. The molecule has 3 aliphatic rings. The molecular weight excluding hydrogens is 354 g/mol. The van der Waals surface area contributed by atoms with Gasteiger partial charge in [0, 0.05) is 45.1 Å². The first-order valence-corrected chi connectivity index (χ1v) is 10.5. The summed E-state index contributed by atoms with van der Waals surface area (Å²) in [5, 5.41) is 3.48. The lowest BCUT2D eigenvalue weighted by Crippen LogP contribution is -2.35. The molecule has 0 bridgehead atoms. The van der Waals surface area contributed by atoms with Crippen LogP contribution in [0.5, 0.6) is 0 Å². The molecule has 1 N–H and O–H groups in total. The van der Waals surface area contributed by atoms with Gasteiger partial charge in [-0.1, -0.05) is 30.3 Å². The Bertz CT molecular complexity index is 954. The Hall–Kier alpha value is -2.46. The highest BCUT2D eigenvalue weighted by Gasteiger charge is 2.40. The fourth-order valence-corrected chi connectivity index (χ4v) is 5.67. The number of benzene rings is 1. The first-order valence-electron chi connectivity index (χ1n) is 9.67. The number of hydrogen-bond acceptors (Lipinski definition) is 4. The van der Waals surface area contributed by atoms with Gasteiger partial charge in [0.2, 0.25) is 0 Å². The molecule has 0 unspecified atom stereocenters. The van der Waals surface area contributed by atoms with Gasteiger partial charge < -0.3 is 5.32 Å². The second-order valence-electron chi connectivity index (χ2n) is 7.46. The lowest BCUT2D eigenvalue weighted by atomic mass is 9.74. The summed E-state index contributed by atoms with van der Waals surface area (Å²) in [5.74, 6) is 0.223. The van der Waals surface area contributed by atoms with Crippen molar-refractivity contribution in [3.8, 4) is 10.4 Å². The minimum atomic E-state index is -0.181. The number of allylic oxidation sites excluding steroid dienone is 4. The van der Waals surface area contributed by atoms with Gasteiger partial charge in [-0.2, -0.15) is 0 Å². The molecule has 5 rings (SSSR count). The summed E-state index contributed by atoms with van der Waals surface area (Å²) >= 11 is 1.71. The number of hydrogen-bond donors (Lipinski definition) is 1. The zero-order chi connectivity index (χ0) is 18.4. The number of rotatable bonds is 2. The van der Waals surface area contributed by atoms with Gasteiger partial charge in [0.1, 0.15) is 0 Å². The van der Waals surface area contributed by atoms with Crippen molar-refractivity contribution in [2.45, 2.75) is 44.4 Å². The van der Waals surface area contributed by atoms with Gasteiger partial charge in [-0.15, -0.1) is 11.3 Å². The maximum atomic E-state index is 12.8. The third-order valence-electron chi connectivity index (χ3n) is 5.76. The molecule has 0 spiro atoms. The highest BCUT2D eigenvalue weighted by Crippen LogP contribution is 2.47. The van der Waals surface area contributed by atoms with Gasteiger partial charge in [-0.25, -0.2) is 0 Å². The second kappa shape index (κ2) is 6.61. The van der Waals surface area contributed by atoms with Gasteiger partial charge in [0.25, 0.3) is 0 Å². The van der Waals surface area contributed by atoms with E-state index in [1.165, 1.54) is 10.4 Å². The topological polar surface area (TPSA) is 46.2 Å². The molecule has 0 fully saturated rings. The van der Waals surface area contributed by atoms with Crippen LogP contribution in [0, 0.1) is 0 Å². The van der Waals surface area contributed by atoms with Crippen LogP contribution in [0.4, 0.5) is 0 Å². The highest BCUT2D eigenvalue weighted by atomic mass is 32.1.